The summed E-state index contributed by atoms with van der Waals surface area (Å²) < 4.78 is 32.6. The average molecular weight is 316 g/mol. The molecule has 0 radical (unpaired) electrons. The second kappa shape index (κ2) is 6.58. The first-order valence-corrected chi connectivity index (χ1v) is 7.65. The van der Waals surface area contributed by atoms with Crippen LogP contribution in [0.15, 0.2) is 66.7 Å². The SMILES string of the molecule is O=S(F)Oc1ccc(OCc2ccc3ccccc3c2)cc1. The van der Waals surface area contributed by atoms with E-state index in [4.69, 9.17) is 4.74 Å². The normalized spacial score (nSPS) is 12.0. The highest BCUT2D eigenvalue weighted by Gasteiger charge is 2.02. The lowest BCUT2D eigenvalue weighted by atomic mass is 10.1. The van der Waals surface area contributed by atoms with Gasteiger partial charge in [-0.25, -0.2) is 0 Å². The molecule has 0 heterocycles. The molecule has 112 valence electrons. The van der Waals surface area contributed by atoms with Crippen LogP contribution in [0.4, 0.5) is 3.89 Å². The Morgan fingerprint density at radius 1 is 0.864 bits per heavy atom. The van der Waals surface area contributed by atoms with Gasteiger partial charge >= 0.3 is 11.5 Å². The third-order valence-corrected chi connectivity index (χ3v) is 3.53. The molecule has 0 aliphatic heterocycles. The van der Waals surface area contributed by atoms with Crippen molar-refractivity contribution < 1.29 is 17.0 Å². The molecule has 5 heteroatoms. The number of halogens is 1. The highest BCUT2D eigenvalue weighted by Crippen LogP contribution is 2.21. The zero-order valence-corrected chi connectivity index (χ0v) is 12.4. The van der Waals surface area contributed by atoms with Crippen molar-refractivity contribution in [1.82, 2.24) is 0 Å². The molecule has 3 nitrogen and oxygen atoms in total. The molecule has 1 unspecified atom stereocenters. The first-order valence-electron chi connectivity index (χ1n) is 6.67. The minimum Gasteiger partial charge on any atom is -0.489 e. The molecule has 0 saturated carbocycles. The predicted molar refractivity (Wildman–Crippen MR) is 84.6 cm³/mol. The Balaban J connectivity index is 1.67. The summed E-state index contributed by atoms with van der Waals surface area (Å²) >= 11 is -2.81. The second-order valence-electron chi connectivity index (χ2n) is 4.72. The van der Waals surface area contributed by atoms with Gasteiger partial charge in [-0.2, -0.15) is 4.21 Å². The minimum atomic E-state index is -2.81. The quantitative estimate of drug-likeness (QED) is 0.657. The zero-order valence-electron chi connectivity index (χ0n) is 11.6. The molecular formula is C17H13FO3S. The van der Waals surface area contributed by atoms with Gasteiger partial charge in [0.2, 0.25) is 0 Å². The summed E-state index contributed by atoms with van der Waals surface area (Å²) in [6.07, 6.45) is 0. The van der Waals surface area contributed by atoms with Gasteiger partial charge in [0.1, 0.15) is 18.1 Å². The van der Waals surface area contributed by atoms with Crippen LogP contribution >= 0.6 is 0 Å². The molecule has 0 bridgehead atoms. The Hall–Kier alpha value is -2.40. The van der Waals surface area contributed by atoms with Crippen molar-refractivity contribution in [2.45, 2.75) is 6.61 Å². The number of hydrogen-bond acceptors (Lipinski definition) is 3. The highest BCUT2D eigenvalue weighted by molar-refractivity contribution is 7.75. The molecule has 0 aliphatic carbocycles. The van der Waals surface area contributed by atoms with Crippen LogP contribution in [0.3, 0.4) is 0 Å². The van der Waals surface area contributed by atoms with Crippen LogP contribution in [0.2, 0.25) is 0 Å². The molecule has 22 heavy (non-hydrogen) atoms. The molecule has 3 rings (SSSR count). The monoisotopic (exact) mass is 316 g/mol. The van der Waals surface area contributed by atoms with Gasteiger partial charge in [0.05, 0.1) is 0 Å². The van der Waals surface area contributed by atoms with Gasteiger partial charge in [-0.1, -0.05) is 40.3 Å². The van der Waals surface area contributed by atoms with E-state index in [1.807, 2.05) is 18.2 Å². The lowest BCUT2D eigenvalue weighted by Gasteiger charge is -2.08. The molecule has 0 saturated heterocycles. The number of benzene rings is 3. The van der Waals surface area contributed by atoms with E-state index < -0.39 is 11.5 Å². The number of ether oxygens (including phenoxy) is 1. The predicted octanol–water partition coefficient (Wildman–Crippen LogP) is 4.35. The van der Waals surface area contributed by atoms with Crippen molar-refractivity contribution in [3.8, 4) is 11.5 Å². The van der Waals surface area contributed by atoms with E-state index >= 15 is 0 Å². The van der Waals surface area contributed by atoms with E-state index in [0.29, 0.717) is 12.4 Å². The molecular weight excluding hydrogens is 303 g/mol. The molecule has 1 atom stereocenters. The van der Waals surface area contributed by atoms with Crippen molar-refractivity contribution in [2.24, 2.45) is 0 Å². The lowest BCUT2D eigenvalue weighted by molar-refractivity contribution is 0.306. The molecule has 0 spiro atoms. The molecule has 0 aromatic heterocycles. The summed E-state index contributed by atoms with van der Waals surface area (Å²) in [4.78, 5) is 0. The number of hydrogen-bond donors (Lipinski definition) is 0. The maximum atomic E-state index is 12.2. The van der Waals surface area contributed by atoms with Crippen LogP contribution in [-0.2, 0) is 18.1 Å². The number of rotatable bonds is 5. The Bertz CT molecular complexity index is 802. The van der Waals surface area contributed by atoms with E-state index in [9.17, 15) is 8.09 Å². The minimum absolute atomic E-state index is 0.193. The Morgan fingerprint density at radius 2 is 1.55 bits per heavy atom. The molecule has 0 amide bonds. The second-order valence-corrected chi connectivity index (χ2v) is 5.27. The summed E-state index contributed by atoms with van der Waals surface area (Å²) in [6.45, 7) is 0.431. The smallest absolute Gasteiger partial charge is 0.401 e. The van der Waals surface area contributed by atoms with Crippen LogP contribution in [0.5, 0.6) is 11.5 Å². The lowest BCUT2D eigenvalue weighted by Crippen LogP contribution is -1.96. The van der Waals surface area contributed by atoms with Gasteiger partial charge in [-0.3, -0.25) is 0 Å². The van der Waals surface area contributed by atoms with Crippen LogP contribution in [0, 0.1) is 0 Å². The van der Waals surface area contributed by atoms with Crippen molar-refractivity contribution >= 4 is 22.2 Å². The van der Waals surface area contributed by atoms with Crippen molar-refractivity contribution in [3.63, 3.8) is 0 Å². The van der Waals surface area contributed by atoms with Crippen LogP contribution in [-0.4, -0.2) is 4.21 Å². The summed E-state index contributed by atoms with van der Waals surface area (Å²) in [5.41, 5.74) is 1.06. The highest BCUT2D eigenvalue weighted by atomic mass is 32.2. The number of fused-ring (bicyclic) bond motifs is 1. The summed E-state index contributed by atoms with van der Waals surface area (Å²) in [7, 11) is 0. The van der Waals surface area contributed by atoms with Crippen LogP contribution in [0.1, 0.15) is 5.56 Å². The molecule has 0 aliphatic rings. The van der Waals surface area contributed by atoms with Crippen molar-refractivity contribution in [1.29, 1.82) is 0 Å². The molecule has 3 aromatic rings. The summed E-state index contributed by atoms with van der Waals surface area (Å²) in [5.74, 6) is 0.823. The largest absolute Gasteiger partial charge is 0.489 e. The first-order chi connectivity index (χ1) is 10.7. The standard InChI is InChI=1S/C17H13FO3S/c18-22(19)21-17-9-7-16(8-10-17)20-12-13-5-6-14-3-1-2-4-15(14)11-13/h1-11H,12H2. The first kappa shape index (κ1) is 14.5. The van der Waals surface area contributed by atoms with Crippen LogP contribution in [0.25, 0.3) is 10.8 Å². The van der Waals surface area contributed by atoms with Gasteiger partial charge in [0.15, 0.2) is 0 Å². The Kier molecular flexibility index (Phi) is 4.34. The topological polar surface area (TPSA) is 35.5 Å². The summed E-state index contributed by atoms with van der Waals surface area (Å²) in [5, 5.41) is 2.35. The van der Waals surface area contributed by atoms with E-state index in [2.05, 4.69) is 28.4 Å². The molecule has 3 aromatic carbocycles. The van der Waals surface area contributed by atoms with Gasteiger partial charge in [-0.15, -0.1) is 0 Å². The fourth-order valence-electron chi connectivity index (χ4n) is 2.16. The third kappa shape index (κ3) is 3.62. The molecule has 0 fully saturated rings. The van der Waals surface area contributed by atoms with Gasteiger partial charge in [0, 0.05) is 0 Å². The Morgan fingerprint density at radius 3 is 2.27 bits per heavy atom. The maximum absolute atomic E-state index is 12.2. The van der Waals surface area contributed by atoms with Crippen LogP contribution < -0.4 is 8.92 Å². The van der Waals surface area contributed by atoms with Crippen molar-refractivity contribution in [3.05, 3.63) is 72.3 Å². The van der Waals surface area contributed by atoms with Gasteiger partial charge in [0.25, 0.3) is 0 Å². The Labute approximate surface area is 130 Å². The average Bonchev–Trinajstić information content (AvgIpc) is 2.53. The van der Waals surface area contributed by atoms with Crippen molar-refractivity contribution in [2.75, 3.05) is 0 Å². The fraction of sp³-hybridized carbons (Fsp3) is 0.0588. The zero-order chi connectivity index (χ0) is 15.4. The van der Waals surface area contributed by atoms with Gasteiger partial charge in [-0.05, 0) is 46.7 Å². The van der Waals surface area contributed by atoms with Gasteiger partial charge < -0.3 is 8.92 Å². The van der Waals surface area contributed by atoms with E-state index in [1.54, 1.807) is 12.1 Å². The van der Waals surface area contributed by atoms with E-state index in [0.717, 1.165) is 10.9 Å². The maximum Gasteiger partial charge on any atom is 0.401 e. The van der Waals surface area contributed by atoms with E-state index in [-0.39, 0.29) is 5.75 Å². The fourth-order valence-corrected chi connectivity index (χ4v) is 2.42. The summed E-state index contributed by atoms with van der Waals surface area (Å²) in [6, 6.07) is 20.6. The van der Waals surface area contributed by atoms with E-state index in [1.165, 1.54) is 17.5 Å². The third-order valence-electron chi connectivity index (χ3n) is 3.20. The molecule has 0 N–H and O–H groups in total.